The van der Waals surface area contributed by atoms with Gasteiger partial charge in [-0.3, -0.25) is 10.9 Å². The van der Waals surface area contributed by atoms with Gasteiger partial charge in [0, 0.05) is 20.0 Å². The predicted octanol–water partition coefficient (Wildman–Crippen LogP) is 4.03. The van der Waals surface area contributed by atoms with E-state index in [-0.39, 0.29) is 6.10 Å². The van der Waals surface area contributed by atoms with Gasteiger partial charge in [-0.05, 0) is 42.0 Å². The molecule has 1 unspecified atom stereocenters. The van der Waals surface area contributed by atoms with E-state index < -0.39 is 11.7 Å². The maximum Gasteiger partial charge on any atom is 0.416 e. The zero-order chi connectivity index (χ0) is 18.4. The minimum Gasteiger partial charge on any atom is -0.497 e. The maximum absolute atomic E-state index is 12.7. The van der Waals surface area contributed by atoms with Gasteiger partial charge in [0.05, 0.1) is 12.7 Å². The molecule has 0 radical (unpaired) electrons. The number of alkyl halides is 3. The summed E-state index contributed by atoms with van der Waals surface area (Å²) in [6.45, 7) is 0.558. The minimum absolute atomic E-state index is 0.362. The molecule has 0 heterocycles. The Balaban J connectivity index is 2.20. The minimum atomic E-state index is -4.37. The first kappa shape index (κ1) is 19.1. The fraction of sp³-hybridized carbons (Fsp3) is 0.333. The molecular weight excluding hydrogens is 333 g/mol. The third kappa shape index (κ3) is 5.65. The summed E-state index contributed by atoms with van der Waals surface area (Å²) < 4.78 is 49.1. The Bertz CT molecular complexity index is 673. The van der Waals surface area contributed by atoms with Crippen LogP contribution in [0.5, 0.6) is 11.5 Å². The van der Waals surface area contributed by atoms with Crippen molar-refractivity contribution in [2.45, 2.75) is 18.7 Å². The molecule has 2 aromatic rings. The lowest BCUT2D eigenvalue weighted by Gasteiger charge is -2.22. The van der Waals surface area contributed by atoms with Gasteiger partial charge in [0.1, 0.15) is 17.6 Å². The molecule has 0 saturated heterocycles. The quantitative estimate of drug-likeness (QED) is 0.602. The zero-order valence-corrected chi connectivity index (χ0v) is 14.1. The van der Waals surface area contributed by atoms with Gasteiger partial charge < -0.3 is 9.47 Å². The second-order valence-corrected chi connectivity index (χ2v) is 5.67. The molecule has 0 aliphatic heterocycles. The highest BCUT2D eigenvalue weighted by Gasteiger charge is 2.30. The van der Waals surface area contributed by atoms with Gasteiger partial charge in [-0.25, -0.2) is 0 Å². The fourth-order valence-electron chi connectivity index (χ4n) is 2.34. The Labute approximate surface area is 144 Å². The monoisotopic (exact) mass is 354 g/mol. The summed E-state index contributed by atoms with van der Waals surface area (Å²) in [6.07, 6.45) is -4.16. The van der Waals surface area contributed by atoms with Crippen molar-refractivity contribution in [1.82, 2.24) is 5.01 Å². The molecular formula is C18H21F3N2O2. The number of halogens is 3. The number of ether oxygens (including phenoxy) is 2. The molecule has 0 fully saturated rings. The number of hydrogen-bond donors (Lipinski definition) is 1. The second kappa shape index (κ2) is 8.22. The van der Waals surface area contributed by atoms with Crippen molar-refractivity contribution in [2.24, 2.45) is 5.84 Å². The highest BCUT2D eigenvalue weighted by molar-refractivity contribution is 5.33. The van der Waals surface area contributed by atoms with E-state index in [1.54, 1.807) is 14.2 Å². The lowest BCUT2D eigenvalue weighted by atomic mass is 10.1. The van der Waals surface area contributed by atoms with Crippen molar-refractivity contribution in [3.05, 3.63) is 59.7 Å². The van der Waals surface area contributed by atoms with E-state index in [0.717, 1.165) is 17.7 Å². The average Bonchev–Trinajstić information content (AvgIpc) is 2.58. The number of rotatable bonds is 7. The number of methoxy groups -OCH3 is 1. The average molecular weight is 354 g/mol. The smallest absolute Gasteiger partial charge is 0.416 e. The van der Waals surface area contributed by atoms with Crippen LogP contribution in [0.3, 0.4) is 0 Å². The predicted molar refractivity (Wildman–Crippen MR) is 89.2 cm³/mol. The van der Waals surface area contributed by atoms with Crippen LogP contribution in [0.1, 0.15) is 23.7 Å². The van der Waals surface area contributed by atoms with Crippen LogP contribution in [0, 0.1) is 0 Å². The van der Waals surface area contributed by atoms with E-state index in [9.17, 15) is 13.2 Å². The number of hydrogen-bond acceptors (Lipinski definition) is 4. The third-order valence-electron chi connectivity index (χ3n) is 3.67. The van der Waals surface area contributed by atoms with Gasteiger partial charge in [0.25, 0.3) is 0 Å². The molecule has 4 nitrogen and oxygen atoms in total. The van der Waals surface area contributed by atoms with Gasteiger partial charge in [-0.2, -0.15) is 13.2 Å². The number of nitrogens with zero attached hydrogens (tertiary/aromatic N) is 1. The first-order chi connectivity index (χ1) is 11.8. The van der Waals surface area contributed by atoms with Crippen LogP contribution in [0.15, 0.2) is 48.5 Å². The van der Waals surface area contributed by atoms with Crippen LogP contribution in [0.25, 0.3) is 0 Å². The van der Waals surface area contributed by atoms with Crippen LogP contribution in [0.4, 0.5) is 13.2 Å². The normalized spacial score (nSPS) is 12.9. The van der Waals surface area contributed by atoms with Crippen molar-refractivity contribution in [3.8, 4) is 11.5 Å². The molecule has 7 heteroatoms. The molecule has 0 bridgehead atoms. The molecule has 0 spiro atoms. The first-order valence-electron chi connectivity index (χ1n) is 7.73. The second-order valence-electron chi connectivity index (χ2n) is 5.67. The van der Waals surface area contributed by atoms with Crippen molar-refractivity contribution in [2.75, 3.05) is 20.7 Å². The lowest BCUT2D eigenvalue weighted by Crippen LogP contribution is -2.28. The topological polar surface area (TPSA) is 47.7 Å². The maximum atomic E-state index is 12.7. The summed E-state index contributed by atoms with van der Waals surface area (Å²) in [4.78, 5) is 0. The molecule has 2 rings (SSSR count). The first-order valence-corrected chi connectivity index (χ1v) is 7.73. The van der Waals surface area contributed by atoms with E-state index >= 15 is 0 Å². The van der Waals surface area contributed by atoms with Gasteiger partial charge in [-0.15, -0.1) is 0 Å². The standard InChI is InChI=1S/C18H21F3N2O2/c1-23(22)11-10-17(13-4-3-5-16(12-13)24-2)25-15-8-6-14(7-9-15)18(19,20)21/h3-9,12,17H,10-11,22H2,1-2H3. The van der Waals surface area contributed by atoms with E-state index in [4.69, 9.17) is 15.3 Å². The van der Waals surface area contributed by atoms with Gasteiger partial charge in [0.2, 0.25) is 0 Å². The largest absolute Gasteiger partial charge is 0.497 e. The van der Waals surface area contributed by atoms with E-state index in [1.807, 2.05) is 24.3 Å². The van der Waals surface area contributed by atoms with Crippen LogP contribution in [-0.2, 0) is 6.18 Å². The Morgan fingerprint density at radius 2 is 1.76 bits per heavy atom. The molecule has 1 atom stereocenters. The van der Waals surface area contributed by atoms with Gasteiger partial charge in [-0.1, -0.05) is 12.1 Å². The summed E-state index contributed by atoms with van der Waals surface area (Å²) in [5.41, 5.74) is 0.153. The van der Waals surface area contributed by atoms with E-state index in [0.29, 0.717) is 24.5 Å². The van der Waals surface area contributed by atoms with Crippen LogP contribution in [-0.4, -0.2) is 25.7 Å². The SMILES string of the molecule is COc1cccc(C(CCN(C)N)Oc2ccc(C(F)(F)F)cc2)c1. The van der Waals surface area contributed by atoms with Crippen LogP contribution >= 0.6 is 0 Å². The Hall–Kier alpha value is -2.25. The molecule has 2 N–H and O–H groups in total. The van der Waals surface area contributed by atoms with Crippen molar-refractivity contribution < 1.29 is 22.6 Å². The van der Waals surface area contributed by atoms with Gasteiger partial charge >= 0.3 is 6.18 Å². The Morgan fingerprint density at radius 3 is 2.32 bits per heavy atom. The van der Waals surface area contributed by atoms with Crippen molar-refractivity contribution in [1.29, 1.82) is 0 Å². The molecule has 0 saturated carbocycles. The summed E-state index contributed by atoms with van der Waals surface area (Å²) in [7, 11) is 3.30. The summed E-state index contributed by atoms with van der Waals surface area (Å²) in [6, 6.07) is 12.0. The van der Waals surface area contributed by atoms with Crippen molar-refractivity contribution in [3.63, 3.8) is 0 Å². The zero-order valence-electron chi connectivity index (χ0n) is 14.1. The Kier molecular flexibility index (Phi) is 6.27. The Morgan fingerprint density at radius 1 is 1.08 bits per heavy atom. The number of hydrazine groups is 1. The number of nitrogens with two attached hydrogens (primary N) is 1. The summed E-state index contributed by atoms with van der Waals surface area (Å²) in [5, 5.41) is 1.53. The molecule has 2 aromatic carbocycles. The molecule has 0 aromatic heterocycles. The van der Waals surface area contributed by atoms with Crippen molar-refractivity contribution >= 4 is 0 Å². The fourth-order valence-corrected chi connectivity index (χ4v) is 2.34. The van der Waals surface area contributed by atoms with E-state index in [2.05, 4.69) is 0 Å². The van der Waals surface area contributed by atoms with E-state index in [1.165, 1.54) is 17.1 Å². The third-order valence-corrected chi connectivity index (χ3v) is 3.67. The molecule has 136 valence electrons. The van der Waals surface area contributed by atoms with Crippen LogP contribution in [0.2, 0.25) is 0 Å². The summed E-state index contributed by atoms with van der Waals surface area (Å²) >= 11 is 0. The molecule has 0 amide bonds. The summed E-state index contributed by atoms with van der Waals surface area (Å²) in [5.74, 6) is 6.71. The number of benzene rings is 2. The molecule has 0 aliphatic rings. The molecule has 25 heavy (non-hydrogen) atoms. The molecule has 0 aliphatic carbocycles. The lowest BCUT2D eigenvalue weighted by molar-refractivity contribution is -0.137. The highest BCUT2D eigenvalue weighted by Crippen LogP contribution is 2.32. The highest BCUT2D eigenvalue weighted by atomic mass is 19.4. The van der Waals surface area contributed by atoms with Gasteiger partial charge in [0.15, 0.2) is 0 Å². The van der Waals surface area contributed by atoms with Crippen LogP contribution < -0.4 is 15.3 Å².